The molecule has 0 unspecified atom stereocenters. The topological polar surface area (TPSA) is 111 Å². The van der Waals surface area contributed by atoms with Crippen molar-refractivity contribution in [1.82, 2.24) is 14.9 Å². The number of nitrogens with zero attached hydrogens (tertiary/aromatic N) is 3. The minimum atomic E-state index is -2.87. The number of rotatable bonds is 7. The van der Waals surface area contributed by atoms with Crippen molar-refractivity contribution >= 4 is 55.4 Å². The molecule has 4 aromatic rings. The average Bonchev–Trinajstić information content (AvgIpc) is 3.21. The number of benzene rings is 2. The lowest BCUT2D eigenvalue weighted by Crippen LogP contribution is -2.40. The molecule has 2 N–H and O–H groups in total. The first-order chi connectivity index (χ1) is 16.9. The van der Waals surface area contributed by atoms with Crippen molar-refractivity contribution in [2.24, 2.45) is 0 Å². The van der Waals surface area contributed by atoms with Crippen LogP contribution in [0.5, 0.6) is 5.75 Å². The van der Waals surface area contributed by atoms with Crippen LogP contribution in [0.2, 0.25) is 0 Å². The summed E-state index contributed by atoms with van der Waals surface area (Å²) in [5.74, 6) is 0.949. The fraction of sp³-hybridized carbons (Fsp3) is 0.308. The van der Waals surface area contributed by atoms with Crippen molar-refractivity contribution < 1.29 is 13.2 Å². The Morgan fingerprint density at radius 2 is 1.97 bits per heavy atom. The second kappa shape index (κ2) is 10.7. The molecule has 0 amide bonds. The van der Waals surface area contributed by atoms with Crippen LogP contribution in [-0.2, 0) is 9.84 Å². The van der Waals surface area contributed by atoms with Crippen LogP contribution in [-0.4, -0.2) is 61.0 Å². The zero-order valence-corrected chi connectivity index (χ0v) is 21.6. The Labute approximate surface area is 216 Å². The van der Waals surface area contributed by atoms with Gasteiger partial charge in [0, 0.05) is 65.3 Å². The standard InChI is InChI=1S/C26H27N5O3S.ClH/c1-18-13-19-14-21(3-4-23(19)29-18)30-24-5-6-28-25-16-26(20(17-27)15-22(24)25)34-10-2-7-31-8-11-35(32,33)12-9-31;/h3-6,13-16,29H,2,7-12H2,1H3,(H,28,30);1H. The van der Waals surface area contributed by atoms with E-state index in [4.69, 9.17) is 4.74 Å². The largest absolute Gasteiger partial charge is 0.492 e. The van der Waals surface area contributed by atoms with Crippen LogP contribution in [0.3, 0.4) is 0 Å². The molecule has 10 heteroatoms. The first-order valence-corrected chi connectivity index (χ1v) is 13.5. The van der Waals surface area contributed by atoms with Crippen LogP contribution in [0.4, 0.5) is 11.4 Å². The number of halogens is 1. The summed E-state index contributed by atoms with van der Waals surface area (Å²) in [6.07, 6.45) is 2.49. The highest BCUT2D eigenvalue weighted by molar-refractivity contribution is 7.91. The molecular formula is C26H28ClN5O3S. The van der Waals surface area contributed by atoms with Crippen molar-refractivity contribution in [1.29, 1.82) is 5.26 Å². The third-order valence-corrected chi connectivity index (χ3v) is 7.92. The van der Waals surface area contributed by atoms with Gasteiger partial charge in [-0.1, -0.05) is 0 Å². The molecular weight excluding hydrogens is 498 g/mol. The van der Waals surface area contributed by atoms with E-state index in [9.17, 15) is 13.7 Å². The predicted molar refractivity (Wildman–Crippen MR) is 145 cm³/mol. The van der Waals surface area contributed by atoms with E-state index in [-0.39, 0.29) is 23.9 Å². The Morgan fingerprint density at radius 1 is 1.17 bits per heavy atom. The number of anilines is 2. The minimum Gasteiger partial charge on any atom is -0.492 e. The third kappa shape index (κ3) is 5.73. The van der Waals surface area contributed by atoms with Gasteiger partial charge in [-0.3, -0.25) is 4.98 Å². The van der Waals surface area contributed by atoms with Crippen molar-refractivity contribution in [2.45, 2.75) is 13.3 Å². The van der Waals surface area contributed by atoms with Crippen LogP contribution in [0.1, 0.15) is 17.7 Å². The Morgan fingerprint density at radius 3 is 2.75 bits per heavy atom. The Kier molecular flexibility index (Phi) is 7.69. The third-order valence-electron chi connectivity index (χ3n) is 6.31. The maximum absolute atomic E-state index is 11.6. The molecule has 0 aliphatic carbocycles. The van der Waals surface area contributed by atoms with E-state index < -0.39 is 9.84 Å². The van der Waals surface area contributed by atoms with Gasteiger partial charge in [-0.15, -0.1) is 12.4 Å². The molecule has 36 heavy (non-hydrogen) atoms. The molecule has 0 radical (unpaired) electrons. The van der Waals surface area contributed by atoms with Crippen molar-refractivity contribution in [3.8, 4) is 11.8 Å². The second-order valence-electron chi connectivity index (χ2n) is 8.91. The quantitative estimate of drug-likeness (QED) is 0.340. The van der Waals surface area contributed by atoms with Gasteiger partial charge in [-0.05, 0) is 49.7 Å². The van der Waals surface area contributed by atoms with E-state index in [2.05, 4.69) is 38.4 Å². The van der Waals surface area contributed by atoms with E-state index in [0.29, 0.717) is 31.0 Å². The van der Waals surface area contributed by atoms with Gasteiger partial charge in [0.05, 0.1) is 29.2 Å². The summed E-state index contributed by atoms with van der Waals surface area (Å²) in [6, 6.07) is 16.0. The summed E-state index contributed by atoms with van der Waals surface area (Å²) < 4.78 is 29.1. The van der Waals surface area contributed by atoms with Gasteiger partial charge >= 0.3 is 0 Å². The molecule has 1 aliphatic rings. The van der Waals surface area contributed by atoms with Gasteiger partial charge in [0.2, 0.25) is 0 Å². The monoisotopic (exact) mass is 525 g/mol. The van der Waals surface area contributed by atoms with Crippen LogP contribution < -0.4 is 10.1 Å². The number of H-pyrrole nitrogens is 1. The SMILES string of the molecule is Cc1cc2cc(Nc3ccnc4cc(OCCCN5CCS(=O)(=O)CC5)c(C#N)cc34)ccc2[nH]1.Cl. The maximum atomic E-state index is 11.6. The van der Waals surface area contributed by atoms with Gasteiger partial charge < -0.3 is 19.9 Å². The molecule has 5 rings (SSSR count). The fourth-order valence-corrected chi connectivity index (χ4v) is 5.72. The van der Waals surface area contributed by atoms with Gasteiger partial charge in [0.25, 0.3) is 0 Å². The Hall–Kier alpha value is -3.32. The van der Waals surface area contributed by atoms with Crippen LogP contribution in [0.25, 0.3) is 21.8 Å². The second-order valence-corrected chi connectivity index (χ2v) is 11.2. The molecule has 8 nitrogen and oxygen atoms in total. The van der Waals surface area contributed by atoms with E-state index in [1.807, 2.05) is 37.3 Å². The molecule has 2 aromatic heterocycles. The van der Waals surface area contributed by atoms with Crippen molar-refractivity contribution in [3.63, 3.8) is 0 Å². The molecule has 0 bridgehead atoms. The van der Waals surface area contributed by atoms with Crippen LogP contribution in [0, 0.1) is 18.3 Å². The van der Waals surface area contributed by atoms with Crippen molar-refractivity contribution in [2.75, 3.05) is 43.1 Å². The van der Waals surface area contributed by atoms with Crippen molar-refractivity contribution in [3.05, 3.63) is 59.9 Å². The first-order valence-electron chi connectivity index (χ1n) is 11.6. The molecule has 0 saturated carbocycles. The molecule has 188 valence electrons. The molecule has 3 heterocycles. The summed E-state index contributed by atoms with van der Waals surface area (Å²) >= 11 is 0. The number of aromatic nitrogens is 2. The van der Waals surface area contributed by atoms with E-state index >= 15 is 0 Å². The highest BCUT2D eigenvalue weighted by atomic mass is 35.5. The van der Waals surface area contributed by atoms with Crippen LogP contribution >= 0.6 is 12.4 Å². The molecule has 1 saturated heterocycles. The first kappa shape index (κ1) is 25.8. The molecule has 0 spiro atoms. The lowest BCUT2D eigenvalue weighted by molar-refractivity contribution is 0.245. The lowest BCUT2D eigenvalue weighted by atomic mass is 10.1. The van der Waals surface area contributed by atoms with Gasteiger partial charge in [0.15, 0.2) is 9.84 Å². The number of fused-ring (bicyclic) bond motifs is 2. The summed E-state index contributed by atoms with van der Waals surface area (Å²) in [5.41, 5.74) is 5.21. The lowest BCUT2D eigenvalue weighted by Gasteiger charge is -2.26. The van der Waals surface area contributed by atoms with E-state index in [0.717, 1.165) is 51.8 Å². The minimum absolute atomic E-state index is 0. The van der Waals surface area contributed by atoms with Gasteiger partial charge in [-0.2, -0.15) is 5.26 Å². The van der Waals surface area contributed by atoms with Crippen LogP contribution in [0.15, 0.2) is 48.7 Å². The highest BCUT2D eigenvalue weighted by Gasteiger charge is 2.21. The number of aryl methyl sites for hydroxylation is 1. The Balaban J connectivity index is 0.00000304. The number of nitrogens with one attached hydrogen (secondary N) is 2. The summed E-state index contributed by atoms with van der Waals surface area (Å²) in [4.78, 5) is 9.96. The normalized spacial score (nSPS) is 15.3. The predicted octanol–water partition coefficient (Wildman–Crippen LogP) is 4.56. The molecule has 2 aromatic carbocycles. The summed E-state index contributed by atoms with van der Waals surface area (Å²) in [7, 11) is -2.87. The number of aromatic amines is 1. The number of pyridine rings is 1. The Bertz CT molecular complexity index is 1530. The molecule has 1 fully saturated rings. The smallest absolute Gasteiger partial charge is 0.152 e. The van der Waals surface area contributed by atoms with Gasteiger partial charge in [0.1, 0.15) is 11.8 Å². The zero-order chi connectivity index (χ0) is 24.4. The highest BCUT2D eigenvalue weighted by Crippen LogP contribution is 2.31. The zero-order valence-electron chi connectivity index (χ0n) is 20.0. The summed E-state index contributed by atoms with van der Waals surface area (Å²) in [6.45, 7) is 4.38. The number of hydrogen-bond donors (Lipinski definition) is 2. The van der Waals surface area contributed by atoms with E-state index in [1.54, 1.807) is 6.20 Å². The molecule has 0 atom stereocenters. The maximum Gasteiger partial charge on any atom is 0.152 e. The number of ether oxygens (including phenoxy) is 1. The van der Waals surface area contributed by atoms with Gasteiger partial charge in [-0.25, -0.2) is 8.42 Å². The number of nitriles is 1. The number of hydrogen-bond acceptors (Lipinski definition) is 7. The average molecular weight is 526 g/mol. The summed E-state index contributed by atoms with van der Waals surface area (Å²) in [5, 5.41) is 15.2. The van der Waals surface area contributed by atoms with E-state index in [1.165, 1.54) is 0 Å². The fourth-order valence-electron chi connectivity index (χ4n) is 4.44. The number of sulfone groups is 1. The molecule has 1 aliphatic heterocycles.